The van der Waals surface area contributed by atoms with Crippen LogP contribution in [0.1, 0.15) is 43.9 Å². The van der Waals surface area contributed by atoms with E-state index in [0.717, 1.165) is 35.8 Å². The Bertz CT molecular complexity index is 1040. The molecule has 0 aliphatic rings. The number of aliphatic hydroxyl groups is 1. The van der Waals surface area contributed by atoms with Crippen LogP contribution in [0.3, 0.4) is 0 Å². The highest BCUT2D eigenvalue weighted by Gasteiger charge is 2.17. The van der Waals surface area contributed by atoms with E-state index < -0.39 is 17.8 Å². The number of amides is 1. The van der Waals surface area contributed by atoms with Crippen molar-refractivity contribution in [2.24, 2.45) is 0 Å². The Morgan fingerprint density at radius 1 is 1.17 bits per heavy atom. The molecule has 2 N–H and O–H groups in total. The largest absolute Gasteiger partial charge is 0.481 e. The molecule has 1 aromatic heterocycles. The van der Waals surface area contributed by atoms with Crippen LogP contribution in [0.25, 0.3) is 11.0 Å². The van der Waals surface area contributed by atoms with E-state index in [-0.39, 0.29) is 12.5 Å². The quantitative estimate of drug-likeness (QED) is 0.526. The second kappa shape index (κ2) is 10.1. The van der Waals surface area contributed by atoms with Gasteiger partial charge in [-0.1, -0.05) is 43.7 Å². The molecule has 2 aromatic carbocycles. The SMILES string of the molecule is CCCCc1cc(=O)oc2cc(OC(C)C(=O)NCC(O)c3ccccc3)ccc12. The third kappa shape index (κ3) is 5.48. The maximum absolute atomic E-state index is 12.4. The zero-order valence-corrected chi connectivity index (χ0v) is 17.3. The number of ether oxygens (including phenoxy) is 1. The third-order valence-corrected chi connectivity index (χ3v) is 4.94. The van der Waals surface area contributed by atoms with Gasteiger partial charge >= 0.3 is 5.63 Å². The first-order chi connectivity index (χ1) is 14.5. The van der Waals surface area contributed by atoms with Gasteiger partial charge in [0.2, 0.25) is 0 Å². The second-order valence-electron chi connectivity index (χ2n) is 7.28. The minimum atomic E-state index is -0.793. The summed E-state index contributed by atoms with van der Waals surface area (Å²) < 4.78 is 11.1. The number of fused-ring (bicyclic) bond motifs is 1. The van der Waals surface area contributed by atoms with Crippen LogP contribution in [0, 0.1) is 0 Å². The molecular formula is C24H27NO5. The summed E-state index contributed by atoms with van der Waals surface area (Å²) in [5.74, 6) is 0.0905. The van der Waals surface area contributed by atoms with E-state index in [1.807, 2.05) is 24.3 Å². The minimum Gasteiger partial charge on any atom is -0.481 e. The van der Waals surface area contributed by atoms with Gasteiger partial charge in [-0.25, -0.2) is 4.79 Å². The van der Waals surface area contributed by atoms with Gasteiger partial charge in [-0.15, -0.1) is 0 Å². The Balaban J connectivity index is 1.64. The van der Waals surface area contributed by atoms with Gasteiger partial charge in [0.05, 0.1) is 6.10 Å². The summed E-state index contributed by atoms with van der Waals surface area (Å²) in [7, 11) is 0. The molecule has 0 bridgehead atoms. The standard InChI is InChI=1S/C24H27NO5/c1-3-4-8-18-13-23(27)30-22-14-19(11-12-20(18)22)29-16(2)24(28)25-15-21(26)17-9-6-5-7-10-17/h5-7,9-14,16,21,26H,3-4,8,15H2,1-2H3,(H,25,28). The molecule has 1 amide bonds. The van der Waals surface area contributed by atoms with E-state index in [1.165, 1.54) is 6.07 Å². The topological polar surface area (TPSA) is 88.8 Å². The summed E-state index contributed by atoms with van der Waals surface area (Å²) in [5, 5.41) is 13.7. The number of unbranched alkanes of at least 4 members (excludes halogenated alkanes) is 1. The molecule has 6 nitrogen and oxygen atoms in total. The molecule has 3 rings (SSSR count). The van der Waals surface area contributed by atoms with Crippen molar-refractivity contribution in [1.29, 1.82) is 0 Å². The van der Waals surface area contributed by atoms with Crippen LogP contribution in [0.4, 0.5) is 0 Å². The number of aliphatic hydroxyl groups excluding tert-OH is 1. The Kier molecular flexibility index (Phi) is 7.25. The Morgan fingerprint density at radius 3 is 2.67 bits per heavy atom. The van der Waals surface area contributed by atoms with E-state index in [4.69, 9.17) is 9.15 Å². The zero-order chi connectivity index (χ0) is 21.5. The van der Waals surface area contributed by atoms with Crippen molar-refractivity contribution in [2.45, 2.75) is 45.3 Å². The number of carbonyl (C=O) groups excluding carboxylic acids is 1. The molecule has 2 unspecified atom stereocenters. The highest BCUT2D eigenvalue weighted by Crippen LogP contribution is 2.24. The van der Waals surface area contributed by atoms with Gasteiger partial charge in [0.25, 0.3) is 5.91 Å². The van der Waals surface area contributed by atoms with Gasteiger partial charge in [0.15, 0.2) is 6.10 Å². The molecule has 30 heavy (non-hydrogen) atoms. The summed E-state index contributed by atoms with van der Waals surface area (Å²) >= 11 is 0. The summed E-state index contributed by atoms with van der Waals surface area (Å²) in [6, 6.07) is 15.9. The fourth-order valence-corrected chi connectivity index (χ4v) is 3.25. The summed E-state index contributed by atoms with van der Waals surface area (Å²) in [5.41, 5.74) is 1.73. The lowest BCUT2D eigenvalue weighted by Crippen LogP contribution is -2.38. The third-order valence-electron chi connectivity index (χ3n) is 4.94. The van der Waals surface area contributed by atoms with E-state index in [1.54, 1.807) is 31.2 Å². The predicted octanol–water partition coefficient (Wildman–Crippen LogP) is 3.75. The van der Waals surface area contributed by atoms with E-state index in [0.29, 0.717) is 11.3 Å². The maximum atomic E-state index is 12.4. The Hall–Kier alpha value is -3.12. The summed E-state index contributed by atoms with van der Waals surface area (Å²) in [6.07, 6.45) is 1.26. The zero-order valence-electron chi connectivity index (χ0n) is 17.3. The van der Waals surface area contributed by atoms with Crippen molar-refractivity contribution in [3.8, 4) is 5.75 Å². The molecule has 2 atom stereocenters. The molecule has 0 radical (unpaired) electrons. The summed E-state index contributed by atoms with van der Waals surface area (Å²) in [4.78, 5) is 24.2. The average molecular weight is 409 g/mol. The molecular weight excluding hydrogens is 382 g/mol. The molecule has 0 saturated carbocycles. The lowest BCUT2D eigenvalue weighted by Gasteiger charge is -2.17. The first-order valence-corrected chi connectivity index (χ1v) is 10.2. The molecule has 3 aromatic rings. The molecule has 0 aliphatic heterocycles. The molecule has 0 spiro atoms. The monoisotopic (exact) mass is 409 g/mol. The predicted molar refractivity (Wildman–Crippen MR) is 116 cm³/mol. The van der Waals surface area contributed by atoms with Crippen LogP contribution in [-0.2, 0) is 11.2 Å². The molecule has 6 heteroatoms. The smallest absolute Gasteiger partial charge is 0.336 e. The highest BCUT2D eigenvalue weighted by molar-refractivity contribution is 5.83. The van der Waals surface area contributed by atoms with Crippen molar-refractivity contribution < 1.29 is 19.1 Å². The number of benzene rings is 2. The number of hydrogen-bond acceptors (Lipinski definition) is 5. The van der Waals surface area contributed by atoms with Gasteiger partial charge in [0, 0.05) is 24.1 Å². The van der Waals surface area contributed by atoms with Gasteiger partial charge in [-0.3, -0.25) is 4.79 Å². The second-order valence-corrected chi connectivity index (χ2v) is 7.28. The Labute approximate surface area is 175 Å². The van der Waals surface area contributed by atoms with Crippen molar-refractivity contribution >= 4 is 16.9 Å². The van der Waals surface area contributed by atoms with Crippen LogP contribution >= 0.6 is 0 Å². The van der Waals surface area contributed by atoms with Crippen molar-refractivity contribution in [2.75, 3.05) is 6.54 Å². The van der Waals surface area contributed by atoms with Crippen LogP contribution in [0.5, 0.6) is 5.75 Å². The van der Waals surface area contributed by atoms with Gasteiger partial charge < -0.3 is 19.6 Å². The van der Waals surface area contributed by atoms with Crippen molar-refractivity contribution in [3.05, 3.63) is 76.1 Å². The van der Waals surface area contributed by atoms with Crippen LogP contribution in [0.15, 0.2) is 63.8 Å². The van der Waals surface area contributed by atoms with E-state index in [2.05, 4.69) is 12.2 Å². The van der Waals surface area contributed by atoms with Crippen LogP contribution in [-0.4, -0.2) is 23.7 Å². The number of hydrogen-bond donors (Lipinski definition) is 2. The molecule has 0 saturated heterocycles. The molecule has 1 heterocycles. The normalized spacial score (nSPS) is 13.0. The number of carbonyl (C=O) groups is 1. The fourth-order valence-electron chi connectivity index (χ4n) is 3.25. The number of rotatable bonds is 9. The molecule has 0 fully saturated rings. The average Bonchev–Trinajstić information content (AvgIpc) is 2.75. The van der Waals surface area contributed by atoms with Crippen LogP contribution in [0.2, 0.25) is 0 Å². The summed E-state index contributed by atoms with van der Waals surface area (Å²) in [6.45, 7) is 3.82. The van der Waals surface area contributed by atoms with E-state index >= 15 is 0 Å². The number of aryl methyl sites for hydroxylation is 1. The minimum absolute atomic E-state index is 0.0872. The first kappa shape index (κ1) is 21.6. The fraction of sp³-hybridized carbons (Fsp3) is 0.333. The molecule has 0 aliphatic carbocycles. The van der Waals surface area contributed by atoms with Crippen LogP contribution < -0.4 is 15.7 Å². The van der Waals surface area contributed by atoms with Gasteiger partial charge in [-0.2, -0.15) is 0 Å². The van der Waals surface area contributed by atoms with Gasteiger partial charge in [-0.05, 0) is 43.0 Å². The number of nitrogens with one attached hydrogen (secondary N) is 1. The Morgan fingerprint density at radius 2 is 1.93 bits per heavy atom. The van der Waals surface area contributed by atoms with Gasteiger partial charge in [0.1, 0.15) is 11.3 Å². The lowest BCUT2D eigenvalue weighted by atomic mass is 10.0. The first-order valence-electron chi connectivity index (χ1n) is 10.2. The maximum Gasteiger partial charge on any atom is 0.336 e. The highest BCUT2D eigenvalue weighted by atomic mass is 16.5. The molecule has 158 valence electrons. The van der Waals surface area contributed by atoms with Crippen molar-refractivity contribution in [3.63, 3.8) is 0 Å². The van der Waals surface area contributed by atoms with Crippen molar-refractivity contribution in [1.82, 2.24) is 5.32 Å². The lowest BCUT2D eigenvalue weighted by molar-refractivity contribution is -0.127. The van der Waals surface area contributed by atoms with E-state index in [9.17, 15) is 14.7 Å².